The van der Waals surface area contributed by atoms with E-state index < -0.39 is 5.97 Å². The first-order valence-corrected chi connectivity index (χ1v) is 5.96. The molecule has 0 aliphatic carbocycles. The molecule has 0 radical (unpaired) electrons. The number of nitrogens with one attached hydrogen (secondary N) is 1. The largest absolute Gasteiger partial charge is 0.477 e. The average Bonchev–Trinajstić information content (AvgIpc) is 2.53. The standard InChI is InChI=1S/C8H9NO3S2/c1-13-4-6(10)9-7-3-2-5(14-7)8(11)12/h2-3H,4H2,1H3,(H,9,10)(H,11,12). The third-order valence-electron chi connectivity index (χ3n) is 1.35. The molecule has 2 N–H and O–H groups in total. The summed E-state index contributed by atoms with van der Waals surface area (Å²) >= 11 is 2.47. The van der Waals surface area contributed by atoms with Gasteiger partial charge in [0.2, 0.25) is 5.91 Å². The molecule has 1 aromatic rings. The van der Waals surface area contributed by atoms with Gasteiger partial charge >= 0.3 is 5.97 Å². The highest BCUT2D eigenvalue weighted by atomic mass is 32.2. The quantitative estimate of drug-likeness (QED) is 0.828. The fourth-order valence-corrected chi connectivity index (χ4v) is 1.92. The minimum Gasteiger partial charge on any atom is -0.477 e. The average molecular weight is 231 g/mol. The Labute approximate surface area is 89.3 Å². The van der Waals surface area contributed by atoms with Gasteiger partial charge in [0.25, 0.3) is 0 Å². The summed E-state index contributed by atoms with van der Waals surface area (Å²) in [5.41, 5.74) is 0. The van der Waals surface area contributed by atoms with Crippen LogP contribution in [-0.4, -0.2) is 29.0 Å². The summed E-state index contributed by atoms with van der Waals surface area (Å²) in [7, 11) is 0. The number of hydrogen-bond acceptors (Lipinski definition) is 4. The van der Waals surface area contributed by atoms with Gasteiger partial charge in [0.05, 0.1) is 10.8 Å². The van der Waals surface area contributed by atoms with Crippen molar-refractivity contribution in [2.24, 2.45) is 0 Å². The minimum atomic E-state index is -0.972. The van der Waals surface area contributed by atoms with E-state index >= 15 is 0 Å². The molecule has 6 heteroatoms. The maximum absolute atomic E-state index is 11.1. The number of carboxylic acids is 1. The number of anilines is 1. The highest BCUT2D eigenvalue weighted by Gasteiger charge is 2.08. The van der Waals surface area contributed by atoms with Crippen molar-refractivity contribution in [3.8, 4) is 0 Å². The number of thioether (sulfide) groups is 1. The van der Waals surface area contributed by atoms with Crippen LogP contribution in [0, 0.1) is 0 Å². The van der Waals surface area contributed by atoms with E-state index in [-0.39, 0.29) is 10.8 Å². The van der Waals surface area contributed by atoms with Gasteiger partial charge in [-0.25, -0.2) is 4.79 Å². The van der Waals surface area contributed by atoms with Gasteiger partial charge in [0.1, 0.15) is 4.88 Å². The first-order valence-electron chi connectivity index (χ1n) is 3.75. The molecule has 0 fully saturated rings. The molecule has 0 atom stereocenters. The van der Waals surface area contributed by atoms with Gasteiger partial charge in [0.15, 0.2) is 0 Å². The molecule has 0 saturated heterocycles. The minimum absolute atomic E-state index is 0.115. The zero-order valence-electron chi connectivity index (χ0n) is 7.44. The Morgan fingerprint density at radius 2 is 2.29 bits per heavy atom. The van der Waals surface area contributed by atoms with E-state index in [1.807, 2.05) is 6.26 Å². The van der Waals surface area contributed by atoms with E-state index in [9.17, 15) is 9.59 Å². The normalized spacial score (nSPS) is 9.79. The number of amides is 1. The second kappa shape index (κ2) is 5.02. The zero-order valence-corrected chi connectivity index (χ0v) is 9.08. The molecule has 1 aromatic heterocycles. The highest BCUT2D eigenvalue weighted by molar-refractivity contribution is 7.99. The number of carbonyl (C=O) groups excluding carboxylic acids is 1. The monoisotopic (exact) mass is 231 g/mol. The first kappa shape index (κ1) is 11.1. The third-order valence-corrected chi connectivity index (χ3v) is 2.89. The molecule has 0 aliphatic heterocycles. The molecule has 0 aliphatic rings. The van der Waals surface area contributed by atoms with Crippen LogP contribution in [0.1, 0.15) is 9.67 Å². The summed E-state index contributed by atoms with van der Waals surface area (Å²) in [5.74, 6) is -0.711. The Kier molecular flexibility index (Phi) is 3.97. The van der Waals surface area contributed by atoms with Gasteiger partial charge in [-0.15, -0.1) is 11.3 Å². The van der Waals surface area contributed by atoms with Crippen LogP contribution in [0.3, 0.4) is 0 Å². The fraction of sp³-hybridized carbons (Fsp3) is 0.250. The van der Waals surface area contributed by atoms with Gasteiger partial charge in [-0.1, -0.05) is 0 Å². The molecular weight excluding hydrogens is 222 g/mol. The summed E-state index contributed by atoms with van der Waals surface area (Å²) in [5, 5.41) is 11.8. The highest BCUT2D eigenvalue weighted by Crippen LogP contribution is 2.21. The fourth-order valence-electron chi connectivity index (χ4n) is 0.825. The predicted molar refractivity (Wildman–Crippen MR) is 58.3 cm³/mol. The molecule has 0 unspecified atom stereocenters. The van der Waals surface area contributed by atoms with E-state index in [2.05, 4.69) is 5.32 Å². The maximum atomic E-state index is 11.1. The van der Waals surface area contributed by atoms with Crippen molar-refractivity contribution in [1.29, 1.82) is 0 Å². The van der Waals surface area contributed by atoms with Crippen LogP contribution in [-0.2, 0) is 4.79 Å². The topological polar surface area (TPSA) is 66.4 Å². The van der Waals surface area contributed by atoms with Gasteiger partial charge in [-0.3, -0.25) is 4.79 Å². The lowest BCUT2D eigenvalue weighted by Gasteiger charge is -1.98. The maximum Gasteiger partial charge on any atom is 0.345 e. The van der Waals surface area contributed by atoms with Gasteiger partial charge in [0, 0.05) is 0 Å². The summed E-state index contributed by atoms with van der Waals surface area (Å²) < 4.78 is 0. The molecule has 1 amide bonds. The number of hydrogen-bond donors (Lipinski definition) is 2. The molecule has 76 valence electrons. The van der Waals surface area contributed by atoms with Crippen molar-refractivity contribution >= 4 is 40.0 Å². The van der Waals surface area contributed by atoms with Crippen molar-refractivity contribution in [2.45, 2.75) is 0 Å². The molecule has 4 nitrogen and oxygen atoms in total. The second-order valence-electron chi connectivity index (χ2n) is 2.45. The molecule has 0 bridgehead atoms. The molecule has 1 rings (SSSR count). The Bertz CT molecular complexity index is 348. The molecular formula is C8H9NO3S2. The van der Waals surface area contributed by atoms with Gasteiger partial charge in [-0.05, 0) is 18.4 Å². The lowest BCUT2D eigenvalue weighted by molar-refractivity contribution is -0.113. The van der Waals surface area contributed by atoms with Crippen molar-refractivity contribution < 1.29 is 14.7 Å². The van der Waals surface area contributed by atoms with E-state index in [4.69, 9.17) is 5.11 Å². The number of aromatic carboxylic acids is 1. The van der Waals surface area contributed by atoms with Crippen LogP contribution in [0.15, 0.2) is 12.1 Å². The van der Waals surface area contributed by atoms with Gasteiger partial charge in [-0.2, -0.15) is 11.8 Å². The summed E-state index contributed by atoms with van der Waals surface area (Å²) in [6, 6.07) is 3.06. The van der Waals surface area contributed by atoms with Crippen molar-refractivity contribution in [1.82, 2.24) is 0 Å². The van der Waals surface area contributed by atoms with Crippen LogP contribution in [0.5, 0.6) is 0 Å². The molecule has 14 heavy (non-hydrogen) atoms. The number of thiophene rings is 1. The Morgan fingerprint density at radius 1 is 1.57 bits per heavy atom. The van der Waals surface area contributed by atoms with Crippen molar-refractivity contribution in [3.05, 3.63) is 17.0 Å². The number of carboxylic acid groups (broad SMARTS) is 1. The number of carbonyl (C=O) groups is 2. The van der Waals surface area contributed by atoms with Crippen LogP contribution in [0.2, 0.25) is 0 Å². The van der Waals surface area contributed by atoms with Crippen molar-refractivity contribution in [2.75, 3.05) is 17.3 Å². The van der Waals surface area contributed by atoms with Gasteiger partial charge < -0.3 is 10.4 Å². The zero-order chi connectivity index (χ0) is 10.6. The van der Waals surface area contributed by atoms with E-state index in [0.29, 0.717) is 10.8 Å². The van der Waals surface area contributed by atoms with Crippen LogP contribution < -0.4 is 5.32 Å². The van der Waals surface area contributed by atoms with Crippen LogP contribution in [0.4, 0.5) is 5.00 Å². The Hall–Kier alpha value is -1.01. The number of rotatable bonds is 4. The Balaban J connectivity index is 2.59. The summed E-state index contributed by atoms with van der Waals surface area (Å²) in [6.45, 7) is 0. The van der Waals surface area contributed by atoms with E-state index in [1.165, 1.54) is 17.8 Å². The molecule has 0 saturated carbocycles. The molecule has 0 spiro atoms. The van der Waals surface area contributed by atoms with Crippen LogP contribution >= 0.6 is 23.1 Å². The smallest absolute Gasteiger partial charge is 0.345 e. The third kappa shape index (κ3) is 3.04. The summed E-state index contributed by atoms with van der Waals surface area (Å²) in [4.78, 5) is 21.9. The van der Waals surface area contributed by atoms with E-state index in [0.717, 1.165) is 11.3 Å². The van der Waals surface area contributed by atoms with Crippen molar-refractivity contribution in [3.63, 3.8) is 0 Å². The first-order chi connectivity index (χ1) is 6.63. The summed E-state index contributed by atoms with van der Waals surface area (Å²) in [6.07, 6.45) is 1.83. The lowest BCUT2D eigenvalue weighted by Crippen LogP contribution is -2.12. The second-order valence-corrected chi connectivity index (χ2v) is 4.40. The SMILES string of the molecule is CSCC(=O)Nc1ccc(C(=O)O)s1. The van der Waals surface area contributed by atoms with Crippen LogP contribution in [0.25, 0.3) is 0 Å². The van der Waals surface area contributed by atoms with E-state index in [1.54, 1.807) is 6.07 Å². The lowest BCUT2D eigenvalue weighted by atomic mass is 10.5. The Morgan fingerprint density at radius 3 is 2.79 bits per heavy atom. The molecule has 1 heterocycles. The predicted octanol–water partition coefficient (Wildman–Crippen LogP) is 1.75. The molecule has 0 aromatic carbocycles.